The molecule has 0 spiro atoms. The Morgan fingerprint density at radius 3 is 2.71 bits per heavy atom. The number of carbonyl (C=O) groups excluding carboxylic acids is 1. The van der Waals surface area contributed by atoms with Gasteiger partial charge in [0, 0.05) is 19.8 Å². The van der Waals surface area contributed by atoms with Crippen molar-refractivity contribution in [1.82, 2.24) is 9.88 Å². The number of nitrogens with zero attached hydrogens (tertiary/aromatic N) is 2. The maximum atomic E-state index is 12.2. The number of hydrogen-bond acceptors (Lipinski definition) is 3. The molecule has 94 valence electrons. The van der Waals surface area contributed by atoms with Crippen molar-refractivity contribution in [3.05, 3.63) is 29.6 Å². The quantitative estimate of drug-likeness (QED) is 0.859. The van der Waals surface area contributed by atoms with E-state index in [-0.39, 0.29) is 11.3 Å². The predicted octanol–water partition coefficient (Wildman–Crippen LogP) is 1.45. The van der Waals surface area contributed by atoms with Crippen LogP contribution in [-0.4, -0.2) is 35.9 Å². The maximum absolute atomic E-state index is 12.2. The molecule has 17 heavy (non-hydrogen) atoms. The summed E-state index contributed by atoms with van der Waals surface area (Å²) in [5, 5.41) is 0. The Morgan fingerprint density at radius 2 is 2.18 bits per heavy atom. The Morgan fingerprint density at radius 1 is 1.53 bits per heavy atom. The number of carbonyl (C=O) groups is 1. The van der Waals surface area contributed by atoms with E-state index >= 15 is 0 Å². The monoisotopic (exact) mass is 235 g/mol. The highest BCUT2D eigenvalue weighted by Crippen LogP contribution is 2.16. The minimum Gasteiger partial charge on any atom is -0.340 e. The molecule has 0 aromatic carbocycles. The number of aryl methyl sites for hydroxylation is 1. The van der Waals surface area contributed by atoms with Crippen LogP contribution in [0.3, 0.4) is 0 Å². The largest absolute Gasteiger partial charge is 0.340 e. The van der Waals surface area contributed by atoms with Gasteiger partial charge in [-0.2, -0.15) is 0 Å². The summed E-state index contributed by atoms with van der Waals surface area (Å²) in [5.74, 6) is -0.0513. The normalized spacial score (nSPS) is 11.4. The van der Waals surface area contributed by atoms with Crippen LogP contribution in [0.5, 0.6) is 0 Å². The molecule has 0 saturated heterocycles. The van der Waals surface area contributed by atoms with Gasteiger partial charge < -0.3 is 10.6 Å². The fourth-order valence-electron chi connectivity index (χ4n) is 1.67. The molecular weight excluding hydrogens is 214 g/mol. The van der Waals surface area contributed by atoms with E-state index in [0.29, 0.717) is 18.8 Å². The van der Waals surface area contributed by atoms with Crippen LogP contribution in [0.25, 0.3) is 0 Å². The highest BCUT2D eigenvalue weighted by Gasteiger charge is 2.23. The third-order valence-corrected chi connectivity index (χ3v) is 2.78. The van der Waals surface area contributed by atoms with Crippen molar-refractivity contribution in [2.75, 3.05) is 20.1 Å². The van der Waals surface area contributed by atoms with Crippen LogP contribution >= 0.6 is 0 Å². The van der Waals surface area contributed by atoms with Crippen LogP contribution < -0.4 is 5.73 Å². The molecule has 0 atom stereocenters. The molecule has 0 fully saturated rings. The zero-order chi connectivity index (χ0) is 13.1. The second kappa shape index (κ2) is 5.27. The van der Waals surface area contributed by atoms with Crippen LogP contribution in [0.15, 0.2) is 18.3 Å². The molecule has 0 bridgehead atoms. The molecule has 1 rings (SSSR count). The molecular formula is C13H21N3O. The maximum Gasteiger partial charge on any atom is 0.272 e. The second-order valence-corrected chi connectivity index (χ2v) is 5.20. The van der Waals surface area contributed by atoms with Crippen molar-refractivity contribution >= 4 is 5.91 Å². The Labute approximate surface area is 103 Å². The summed E-state index contributed by atoms with van der Waals surface area (Å²) in [5.41, 5.74) is 7.01. The van der Waals surface area contributed by atoms with Crippen molar-refractivity contribution < 1.29 is 4.79 Å². The van der Waals surface area contributed by atoms with Crippen molar-refractivity contribution in [1.29, 1.82) is 0 Å². The topological polar surface area (TPSA) is 59.2 Å². The van der Waals surface area contributed by atoms with E-state index in [0.717, 1.165) is 5.56 Å². The molecule has 1 heterocycles. The summed E-state index contributed by atoms with van der Waals surface area (Å²) in [4.78, 5) is 18.0. The minimum atomic E-state index is -0.0763. The van der Waals surface area contributed by atoms with Crippen LogP contribution in [-0.2, 0) is 0 Å². The van der Waals surface area contributed by atoms with Gasteiger partial charge in [0.2, 0.25) is 0 Å². The standard InChI is InChI=1S/C13H21N3O/c1-10-6-5-7-15-11(10)12(17)16(4)9-13(2,3)8-14/h5-7H,8-9,14H2,1-4H3. The van der Waals surface area contributed by atoms with Crippen LogP contribution in [0.4, 0.5) is 0 Å². The van der Waals surface area contributed by atoms with E-state index in [1.54, 1.807) is 18.1 Å². The molecule has 4 heteroatoms. The van der Waals surface area contributed by atoms with Gasteiger partial charge in [-0.15, -0.1) is 0 Å². The molecule has 1 amide bonds. The number of amides is 1. The molecule has 0 aliphatic rings. The van der Waals surface area contributed by atoms with Crippen molar-refractivity contribution in [2.24, 2.45) is 11.1 Å². The Bertz CT molecular complexity index is 401. The van der Waals surface area contributed by atoms with E-state index in [9.17, 15) is 4.79 Å². The first-order valence-electron chi connectivity index (χ1n) is 5.74. The minimum absolute atomic E-state index is 0.0513. The van der Waals surface area contributed by atoms with E-state index < -0.39 is 0 Å². The summed E-state index contributed by atoms with van der Waals surface area (Å²) in [6, 6.07) is 3.72. The second-order valence-electron chi connectivity index (χ2n) is 5.20. The molecule has 0 saturated carbocycles. The molecule has 1 aromatic rings. The van der Waals surface area contributed by atoms with E-state index in [2.05, 4.69) is 4.98 Å². The third kappa shape index (κ3) is 3.53. The van der Waals surface area contributed by atoms with Crippen molar-refractivity contribution in [3.8, 4) is 0 Å². The first-order chi connectivity index (χ1) is 7.87. The predicted molar refractivity (Wildman–Crippen MR) is 68.8 cm³/mol. The lowest BCUT2D eigenvalue weighted by atomic mass is 9.93. The zero-order valence-corrected chi connectivity index (χ0v) is 11.0. The van der Waals surface area contributed by atoms with Gasteiger partial charge in [-0.25, -0.2) is 0 Å². The van der Waals surface area contributed by atoms with Gasteiger partial charge in [0.25, 0.3) is 5.91 Å². The summed E-state index contributed by atoms with van der Waals surface area (Å²) in [6.07, 6.45) is 1.64. The fraction of sp³-hybridized carbons (Fsp3) is 0.538. The van der Waals surface area contributed by atoms with Crippen molar-refractivity contribution in [3.63, 3.8) is 0 Å². The lowest BCUT2D eigenvalue weighted by molar-refractivity contribution is 0.0734. The lowest BCUT2D eigenvalue weighted by Crippen LogP contribution is -2.40. The van der Waals surface area contributed by atoms with Crippen LogP contribution in [0.2, 0.25) is 0 Å². The number of rotatable bonds is 4. The molecule has 2 N–H and O–H groups in total. The summed E-state index contributed by atoms with van der Waals surface area (Å²) >= 11 is 0. The molecule has 4 nitrogen and oxygen atoms in total. The number of aromatic nitrogens is 1. The SMILES string of the molecule is Cc1cccnc1C(=O)N(C)CC(C)(C)CN. The first kappa shape index (κ1) is 13.6. The van der Waals surface area contributed by atoms with Gasteiger partial charge in [-0.1, -0.05) is 19.9 Å². The fourth-order valence-corrected chi connectivity index (χ4v) is 1.67. The Hall–Kier alpha value is -1.42. The zero-order valence-electron chi connectivity index (χ0n) is 11.0. The van der Waals surface area contributed by atoms with Crippen LogP contribution in [0.1, 0.15) is 29.9 Å². The van der Waals surface area contributed by atoms with Gasteiger partial charge >= 0.3 is 0 Å². The van der Waals surface area contributed by atoms with Gasteiger partial charge in [0.1, 0.15) is 5.69 Å². The van der Waals surface area contributed by atoms with Gasteiger partial charge in [-0.05, 0) is 30.5 Å². The van der Waals surface area contributed by atoms with E-state index in [1.165, 1.54) is 0 Å². The molecule has 0 aliphatic carbocycles. The van der Waals surface area contributed by atoms with E-state index in [1.807, 2.05) is 32.9 Å². The highest BCUT2D eigenvalue weighted by atomic mass is 16.2. The average molecular weight is 235 g/mol. The van der Waals surface area contributed by atoms with Gasteiger partial charge in [0.05, 0.1) is 0 Å². The van der Waals surface area contributed by atoms with Crippen LogP contribution in [0, 0.1) is 12.3 Å². The molecule has 1 aromatic heterocycles. The number of nitrogens with two attached hydrogens (primary N) is 1. The molecule has 0 aliphatic heterocycles. The average Bonchev–Trinajstić information content (AvgIpc) is 2.28. The van der Waals surface area contributed by atoms with Crippen molar-refractivity contribution in [2.45, 2.75) is 20.8 Å². The smallest absolute Gasteiger partial charge is 0.272 e. The Balaban J connectivity index is 2.81. The molecule has 0 radical (unpaired) electrons. The first-order valence-corrected chi connectivity index (χ1v) is 5.74. The summed E-state index contributed by atoms with van der Waals surface area (Å²) < 4.78 is 0. The highest BCUT2D eigenvalue weighted by molar-refractivity contribution is 5.93. The third-order valence-electron chi connectivity index (χ3n) is 2.78. The van der Waals surface area contributed by atoms with E-state index in [4.69, 9.17) is 5.73 Å². The van der Waals surface area contributed by atoms with Gasteiger partial charge in [-0.3, -0.25) is 9.78 Å². The van der Waals surface area contributed by atoms with Gasteiger partial charge in [0.15, 0.2) is 0 Å². The summed E-state index contributed by atoms with van der Waals surface area (Å²) in [7, 11) is 1.79. The number of pyridine rings is 1. The lowest BCUT2D eigenvalue weighted by Gasteiger charge is -2.29. The Kier molecular flexibility index (Phi) is 4.23. The number of hydrogen-bond donors (Lipinski definition) is 1. The summed E-state index contributed by atoms with van der Waals surface area (Å²) in [6.45, 7) is 7.15. The molecule has 0 unspecified atom stereocenters.